The van der Waals surface area contributed by atoms with E-state index in [1.165, 1.54) is 0 Å². The van der Waals surface area contributed by atoms with Crippen LogP contribution >= 0.6 is 0 Å². The van der Waals surface area contributed by atoms with Gasteiger partial charge in [-0.05, 0) is 43.7 Å². The molecule has 0 saturated carbocycles. The van der Waals surface area contributed by atoms with Gasteiger partial charge in [0, 0.05) is 5.56 Å². The lowest BCUT2D eigenvalue weighted by Crippen LogP contribution is -2.07. The molecule has 0 spiro atoms. The summed E-state index contributed by atoms with van der Waals surface area (Å²) in [5.41, 5.74) is 1.82. The van der Waals surface area contributed by atoms with Crippen molar-refractivity contribution in [2.75, 3.05) is 0 Å². The maximum atomic E-state index is 13.6. The highest BCUT2D eigenvalue weighted by Crippen LogP contribution is 2.18. The molecule has 0 aliphatic carbocycles. The second-order valence-electron chi connectivity index (χ2n) is 4.27. The second-order valence-corrected chi connectivity index (χ2v) is 4.27. The van der Waals surface area contributed by atoms with E-state index in [1.807, 2.05) is 13.0 Å². The van der Waals surface area contributed by atoms with E-state index in [4.69, 9.17) is 0 Å². The smallest absolute Gasteiger partial charge is 0.196 e. The van der Waals surface area contributed by atoms with Crippen LogP contribution in [0.15, 0.2) is 36.4 Å². The van der Waals surface area contributed by atoms with Crippen molar-refractivity contribution >= 4 is 5.78 Å². The minimum atomic E-state index is -0.706. The van der Waals surface area contributed by atoms with Crippen LogP contribution in [-0.4, -0.2) is 5.78 Å². The summed E-state index contributed by atoms with van der Waals surface area (Å²) >= 11 is 0. The first-order chi connectivity index (χ1) is 8.49. The van der Waals surface area contributed by atoms with Gasteiger partial charge in [-0.25, -0.2) is 8.78 Å². The Kier molecular flexibility index (Phi) is 3.24. The van der Waals surface area contributed by atoms with Crippen LogP contribution in [0, 0.1) is 25.5 Å². The van der Waals surface area contributed by atoms with Crippen molar-refractivity contribution in [3.05, 3.63) is 70.3 Å². The van der Waals surface area contributed by atoms with Crippen LogP contribution in [0.3, 0.4) is 0 Å². The van der Waals surface area contributed by atoms with Gasteiger partial charge in [-0.2, -0.15) is 0 Å². The van der Waals surface area contributed by atoms with Crippen molar-refractivity contribution in [2.45, 2.75) is 13.8 Å². The molecular formula is C15H12F2O. The Morgan fingerprint density at radius 1 is 0.944 bits per heavy atom. The van der Waals surface area contributed by atoms with Gasteiger partial charge in [0.2, 0.25) is 0 Å². The van der Waals surface area contributed by atoms with Crippen molar-refractivity contribution in [3.63, 3.8) is 0 Å². The lowest BCUT2D eigenvalue weighted by atomic mass is 9.97. The third-order valence-corrected chi connectivity index (χ3v) is 2.81. The van der Waals surface area contributed by atoms with Gasteiger partial charge in [0.15, 0.2) is 5.78 Å². The summed E-state index contributed by atoms with van der Waals surface area (Å²) in [5.74, 6) is -1.82. The first kappa shape index (κ1) is 12.4. The van der Waals surface area contributed by atoms with E-state index in [2.05, 4.69) is 0 Å². The zero-order chi connectivity index (χ0) is 13.3. The molecule has 0 aliphatic rings. The minimum Gasteiger partial charge on any atom is -0.288 e. The maximum absolute atomic E-state index is 13.6. The molecule has 0 aliphatic heterocycles. The van der Waals surface area contributed by atoms with E-state index >= 15 is 0 Å². The minimum absolute atomic E-state index is 0.233. The number of rotatable bonds is 2. The van der Waals surface area contributed by atoms with Gasteiger partial charge in [-0.15, -0.1) is 0 Å². The van der Waals surface area contributed by atoms with Crippen LogP contribution in [0.25, 0.3) is 0 Å². The first-order valence-electron chi connectivity index (χ1n) is 5.56. The summed E-state index contributed by atoms with van der Waals surface area (Å²) in [4.78, 5) is 12.2. The Balaban J connectivity index is 2.54. The molecule has 2 rings (SSSR count). The molecule has 2 aromatic carbocycles. The third kappa shape index (κ3) is 2.30. The second kappa shape index (κ2) is 4.69. The van der Waals surface area contributed by atoms with E-state index in [0.717, 1.165) is 29.3 Å². The van der Waals surface area contributed by atoms with E-state index in [-0.39, 0.29) is 5.56 Å². The van der Waals surface area contributed by atoms with Crippen molar-refractivity contribution in [3.8, 4) is 0 Å². The molecule has 0 unspecified atom stereocenters. The fourth-order valence-electron chi connectivity index (χ4n) is 1.80. The molecule has 1 nitrogen and oxygen atoms in total. The molecule has 0 atom stereocenters. The largest absolute Gasteiger partial charge is 0.288 e. The van der Waals surface area contributed by atoms with Gasteiger partial charge in [-0.1, -0.05) is 17.7 Å². The van der Waals surface area contributed by atoms with Crippen molar-refractivity contribution in [2.24, 2.45) is 0 Å². The highest BCUT2D eigenvalue weighted by molar-refractivity contribution is 6.10. The number of hydrogen-bond acceptors (Lipinski definition) is 1. The van der Waals surface area contributed by atoms with E-state index < -0.39 is 17.4 Å². The van der Waals surface area contributed by atoms with Gasteiger partial charge >= 0.3 is 0 Å². The molecule has 92 valence electrons. The molecule has 18 heavy (non-hydrogen) atoms. The third-order valence-electron chi connectivity index (χ3n) is 2.81. The van der Waals surface area contributed by atoms with Crippen LogP contribution < -0.4 is 0 Å². The summed E-state index contributed by atoms with van der Waals surface area (Å²) in [6.07, 6.45) is 0. The summed E-state index contributed by atoms with van der Waals surface area (Å²) in [6.45, 7) is 3.61. The van der Waals surface area contributed by atoms with Crippen molar-refractivity contribution in [1.29, 1.82) is 0 Å². The number of aryl methyl sites for hydroxylation is 2. The van der Waals surface area contributed by atoms with Gasteiger partial charge in [0.25, 0.3) is 0 Å². The summed E-state index contributed by atoms with van der Waals surface area (Å²) in [6, 6.07) is 8.23. The average Bonchev–Trinajstić information content (AvgIpc) is 2.34. The number of benzene rings is 2. The molecule has 0 aromatic heterocycles. The monoisotopic (exact) mass is 246 g/mol. The summed E-state index contributed by atoms with van der Waals surface area (Å²) in [7, 11) is 0. The zero-order valence-corrected chi connectivity index (χ0v) is 10.1. The number of hydrogen-bond donors (Lipinski definition) is 0. The fraction of sp³-hybridized carbons (Fsp3) is 0.133. The normalized spacial score (nSPS) is 10.4. The highest BCUT2D eigenvalue weighted by Gasteiger charge is 2.16. The van der Waals surface area contributed by atoms with E-state index in [1.54, 1.807) is 19.1 Å². The average molecular weight is 246 g/mol. The van der Waals surface area contributed by atoms with Crippen molar-refractivity contribution < 1.29 is 13.6 Å². The number of halogens is 2. The zero-order valence-electron chi connectivity index (χ0n) is 10.1. The molecular weight excluding hydrogens is 234 g/mol. The van der Waals surface area contributed by atoms with Crippen LogP contribution in [0.4, 0.5) is 8.78 Å². The van der Waals surface area contributed by atoms with Crippen LogP contribution in [-0.2, 0) is 0 Å². The number of carbonyl (C=O) groups is 1. The topological polar surface area (TPSA) is 17.1 Å². The van der Waals surface area contributed by atoms with Crippen molar-refractivity contribution in [1.82, 2.24) is 0 Å². The lowest BCUT2D eigenvalue weighted by molar-refractivity contribution is 0.103. The Bertz CT molecular complexity index is 564. The van der Waals surface area contributed by atoms with Gasteiger partial charge in [-0.3, -0.25) is 4.79 Å². The first-order valence-corrected chi connectivity index (χ1v) is 5.56. The quantitative estimate of drug-likeness (QED) is 0.736. The van der Waals surface area contributed by atoms with Gasteiger partial charge < -0.3 is 0 Å². The van der Waals surface area contributed by atoms with Crippen LogP contribution in [0.5, 0.6) is 0 Å². The molecule has 0 saturated heterocycles. The van der Waals surface area contributed by atoms with Gasteiger partial charge in [0.05, 0.1) is 5.56 Å². The maximum Gasteiger partial charge on any atom is 0.196 e. The molecule has 0 amide bonds. The molecule has 0 bridgehead atoms. The molecule has 0 heterocycles. The molecule has 3 heteroatoms. The standard InChI is InChI=1S/C15H12F2O/c1-9-3-4-10(2)12(7-9)15(18)13-8-11(16)5-6-14(13)17/h3-8H,1-2H3. The fourth-order valence-corrected chi connectivity index (χ4v) is 1.80. The predicted molar refractivity (Wildman–Crippen MR) is 65.7 cm³/mol. The Morgan fingerprint density at radius 3 is 2.39 bits per heavy atom. The Morgan fingerprint density at radius 2 is 1.67 bits per heavy atom. The lowest BCUT2D eigenvalue weighted by Gasteiger charge is -2.07. The molecule has 0 N–H and O–H groups in total. The van der Waals surface area contributed by atoms with Crippen LogP contribution in [0.2, 0.25) is 0 Å². The molecule has 2 aromatic rings. The highest BCUT2D eigenvalue weighted by atomic mass is 19.1. The predicted octanol–water partition coefficient (Wildman–Crippen LogP) is 3.81. The molecule has 0 radical (unpaired) electrons. The van der Waals surface area contributed by atoms with Crippen LogP contribution in [0.1, 0.15) is 27.0 Å². The van der Waals surface area contributed by atoms with E-state index in [0.29, 0.717) is 5.56 Å². The number of ketones is 1. The molecule has 0 fully saturated rings. The summed E-state index contributed by atoms with van der Waals surface area (Å²) in [5, 5.41) is 0. The van der Waals surface area contributed by atoms with Gasteiger partial charge in [0.1, 0.15) is 11.6 Å². The van der Waals surface area contributed by atoms with E-state index in [9.17, 15) is 13.6 Å². The number of carbonyl (C=O) groups excluding carboxylic acids is 1. The Labute approximate surface area is 104 Å². The SMILES string of the molecule is Cc1ccc(C)c(C(=O)c2cc(F)ccc2F)c1. The Hall–Kier alpha value is -2.03. The summed E-state index contributed by atoms with van der Waals surface area (Å²) < 4.78 is 26.6.